The molecule has 0 atom stereocenters. The molecule has 1 saturated carbocycles. The summed E-state index contributed by atoms with van der Waals surface area (Å²) in [6.07, 6.45) is 3.69. The number of ether oxygens (including phenoxy) is 1. The van der Waals surface area contributed by atoms with Gasteiger partial charge in [0.1, 0.15) is 0 Å². The fraction of sp³-hybridized carbons (Fsp3) is 0.583. The van der Waals surface area contributed by atoms with Crippen molar-refractivity contribution >= 4 is 17.7 Å². The topological polar surface area (TPSA) is 81.4 Å². The number of carbonyl (C=O) groups is 1. The molecule has 1 N–H and O–H groups in total. The molecule has 1 fully saturated rings. The van der Waals surface area contributed by atoms with Crippen LogP contribution in [0.1, 0.15) is 25.8 Å². The summed E-state index contributed by atoms with van der Waals surface area (Å²) in [6, 6.07) is 1.64. The Balaban J connectivity index is 2.07. The average molecular weight is 284 g/mol. The highest BCUT2D eigenvalue weighted by atomic mass is 32.2. The SMILES string of the molecule is CCOC1CC(n2ccc(=O)nc2SCC(=O)O)C1. The van der Waals surface area contributed by atoms with Crippen LogP contribution in [-0.2, 0) is 9.53 Å². The molecule has 0 unspecified atom stereocenters. The molecule has 1 aliphatic rings. The quantitative estimate of drug-likeness (QED) is 0.623. The van der Waals surface area contributed by atoms with E-state index in [0.29, 0.717) is 11.8 Å². The zero-order valence-electron chi connectivity index (χ0n) is 10.6. The highest BCUT2D eigenvalue weighted by Crippen LogP contribution is 2.36. The van der Waals surface area contributed by atoms with Gasteiger partial charge < -0.3 is 14.4 Å². The van der Waals surface area contributed by atoms with E-state index < -0.39 is 5.97 Å². The van der Waals surface area contributed by atoms with Crippen molar-refractivity contribution in [2.45, 2.75) is 37.1 Å². The number of thioether (sulfide) groups is 1. The molecule has 0 spiro atoms. The van der Waals surface area contributed by atoms with E-state index in [9.17, 15) is 9.59 Å². The van der Waals surface area contributed by atoms with Gasteiger partial charge in [0.25, 0.3) is 5.56 Å². The van der Waals surface area contributed by atoms with Crippen molar-refractivity contribution in [3.8, 4) is 0 Å². The summed E-state index contributed by atoms with van der Waals surface area (Å²) in [5.74, 6) is -1.02. The maximum atomic E-state index is 11.3. The van der Waals surface area contributed by atoms with E-state index in [-0.39, 0.29) is 23.5 Å². The van der Waals surface area contributed by atoms with Crippen LogP contribution in [0.3, 0.4) is 0 Å². The van der Waals surface area contributed by atoms with E-state index in [1.54, 1.807) is 6.20 Å². The van der Waals surface area contributed by atoms with Crippen molar-refractivity contribution in [2.75, 3.05) is 12.4 Å². The predicted molar refractivity (Wildman–Crippen MR) is 70.5 cm³/mol. The fourth-order valence-corrected chi connectivity index (χ4v) is 2.81. The van der Waals surface area contributed by atoms with Gasteiger partial charge in [-0.1, -0.05) is 11.8 Å². The van der Waals surface area contributed by atoms with Crippen LogP contribution in [0.5, 0.6) is 0 Å². The van der Waals surface area contributed by atoms with Gasteiger partial charge in [-0.25, -0.2) is 0 Å². The molecule has 0 bridgehead atoms. The molecule has 1 heterocycles. The second-order valence-corrected chi connectivity index (χ2v) is 5.28. The van der Waals surface area contributed by atoms with Crippen LogP contribution in [-0.4, -0.2) is 39.1 Å². The first-order valence-corrected chi connectivity index (χ1v) is 7.14. The number of aliphatic carboxylic acids is 1. The van der Waals surface area contributed by atoms with Crippen molar-refractivity contribution < 1.29 is 14.6 Å². The maximum Gasteiger partial charge on any atom is 0.313 e. The normalized spacial score (nSPS) is 21.9. The van der Waals surface area contributed by atoms with Gasteiger partial charge >= 0.3 is 5.97 Å². The monoisotopic (exact) mass is 284 g/mol. The molecule has 2 rings (SSSR count). The van der Waals surface area contributed by atoms with Crippen LogP contribution in [0.4, 0.5) is 0 Å². The zero-order valence-corrected chi connectivity index (χ0v) is 11.4. The smallest absolute Gasteiger partial charge is 0.313 e. The lowest BCUT2D eigenvalue weighted by atomic mass is 9.89. The van der Waals surface area contributed by atoms with Gasteiger partial charge in [0.05, 0.1) is 11.9 Å². The van der Waals surface area contributed by atoms with Crippen LogP contribution < -0.4 is 5.56 Å². The second kappa shape index (κ2) is 6.21. The molecule has 0 aromatic carbocycles. The summed E-state index contributed by atoms with van der Waals surface area (Å²) >= 11 is 1.07. The molecule has 1 aromatic rings. The van der Waals surface area contributed by atoms with Crippen molar-refractivity contribution in [1.82, 2.24) is 9.55 Å². The number of rotatable bonds is 6. The van der Waals surface area contributed by atoms with E-state index in [1.165, 1.54) is 6.07 Å². The van der Waals surface area contributed by atoms with E-state index >= 15 is 0 Å². The van der Waals surface area contributed by atoms with Crippen LogP contribution in [0.2, 0.25) is 0 Å². The predicted octanol–water partition coefficient (Wildman–Crippen LogP) is 1.16. The van der Waals surface area contributed by atoms with E-state index in [4.69, 9.17) is 9.84 Å². The van der Waals surface area contributed by atoms with Gasteiger partial charge in [-0.05, 0) is 19.8 Å². The molecule has 6 nitrogen and oxygen atoms in total. The Bertz CT molecular complexity index is 511. The molecule has 104 valence electrons. The highest BCUT2D eigenvalue weighted by Gasteiger charge is 2.31. The van der Waals surface area contributed by atoms with Gasteiger partial charge in [-0.15, -0.1) is 0 Å². The van der Waals surface area contributed by atoms with Gasteiger partial charge in [0, 0.05) is 24.9 Å². The molecular formula is C12H16N2O4S. The van der Waals surface area contributed by atoms with Crippen LogP contribution >= 0.6 is 11.8 Å². The Kier molecular flexibility index (Phi) is 4.60. The van der Waals surface area contributed by atoms with E-state index in [2.05, 4.69) is 4.98 Å². The van der Waals surface area contributed by atoms with Crippen molar-refractivity contribution in [1.29, 1.82) is 0 Å². The lowest BCUT2D eigenvalue weighted by Gasteiger charge is -2.37. The van der Waals surface area contributed by atoms with Crippen molar-refractivity contribution in [3.63, 3.8) is 0 Å². The summed E-state index contributed by atoms with van der Waals surface area (Å²) < 4.78 is 7.37. The zero-order chi connectivity index (χ0) is 13.8. The number of carboxylic acids is 1. The standard InChI is InChI=1S/C12H16N2O4S/c1-2-18-9-5-8(6-9)14-4-3-10(15)13-12(14)19-7-11(16)17/h3-4,8-9H,2,5-7H2,1H3,(H,16,17). The molecular weight excluding hydrogens is 268 g/mol. The Morgan fingerprint density at radius 2 is 2.37 bits per heavy atom. The second-order valence-electron chi connectivity index (χ2n) is 4.34. The van der Waals surface area contributed by atoms with Crippen LogP contribution in [0.25, 0.3) is 0 Å². The average Bonchev–Trinajstić information content (AvgIpc) is 2.31. The number of hydrogen-bond acceptors (Lipinski definition) is 5. The van der Waals surface area contributed by atoms with Crippen LogP contribution in [0, 0.1) is 0 Å². The van der Waals surface area contributed by atoms with Gasteiger partial charge in [-0.3, -0.25) is 9.59 Å². The molecule has 1 aliphatic carbocycles. The van der Waals surface area contributed by atoms with Crippen molar-refractivity contribution in [3.05, 3.63) is 22.6 Å². The molecule has 0 amide bonds. The Labute approximate surface area is 114 Å². The Morgan fingerprint density at radius 3 is 3.00 bits per heavy atom. The van der Waals surface area contributed by atoms with E-state index in [0.717, 1.165) is 24.6 Å². The van der Waals surface area contributed by atoms with Gasteiger partial charge in [0.15, 0.2) is 5.16 Å². The molecule has 19 heavy (non-hydrogen) atoms. The molecule has 0 aliphatic heterocycles. The van der Waals surface area contributed by atoms with Crippen LogP contribution in [0.15, 0.2) is 22.2 Å². The summed E-state index contributed by atoms with van der Waals surface area (Å²) in [6.45, 7) is 2.66. The van der Waals surface area contributed by atoms with Gasteiger partial charge in [-0.2, -0.15) is 4.98 Å². The molecule has 7 heteroatoms. The first-order chi connectivity index (χ1) is 9.10. The lowest BCUT2D eigenvalue weighted by molar-refractivity contribution is -0.133. The van der Waals surface area contributed by atoms with Crippen molar-refractivity contribution in [2.24, 2.45) is 0 Å². The maximum absolute atomic E-state index is 11.3. The minimum atomic E-state index is -0.921. The largest absolute Gasteiger partial charge is 0.481 e. The highest BCUT2D eigenvalue weighted by molar-refractivity contribution is 7.99. The van der Waals surface area contributed by atoms with E-state index in [1.807, 2.05) is 11.5 Å². The fourth-order valence-electron chi connectivity index (χ4n) is 2.04. The van der Waals surface area contributed by atoms with Gasteiger partial charge in [0.2, 0.25) is 0 Å². The summed E-state index contributed by atoms with van der Waals surface area (Å²) in [7, 11) is 0. The summed E-state index contributed by atoms with van der Waals surface area (Å²) in [4.78, 5) is 25.8. The minimum Gasteiger partial charge on any atom is -0.481 e. The third kappa shape index (κ3) is 3.57. The summed E-state index contributed by atoms with van der Waals surface area (Å²) in [5, 5.41) is 9.17. The minimum absolute atomic E-state index is 0.0991. The number of carboxylic acid groups (broad SMARTS) is 1. The molecule has 1 aromatic heterocycles. The third-order valence-corrected chi connectivity index (χ3v) is 3.95. The molecule has 0 saturated heterocycles. The first-order valence-electron chi connectivity index (χ1n) is 6.15. The Morgan fingerprint density at radius 1 is 1.63 bits per heavy atom. The summed E-state index contributed by atoms with van der Waals surface area (Å²) in [5.41, 5.74) is -0.343. The number of hydrogen-bond donors (Lipinski definition) is 1. The number of aromatic nitrogens is 2. The Hall–Kier alpha value is -1.34. The lowest BCUT2D eigenvalue weighted by Crippen LogP contribution is -2.34. The molecule has 0 radical (unpaired) electrons. The first kappa shape index (κ1) is 14.1. The third-order valence-electron chi connectivity index (χ3n) is 2.99. The number of nitrogens with zero attached hydrogens (tertiary/aromatic N) is 2.